The second-order valence-corrected chi connectivity index (χ2v) is 6.92. The number of amides is 1. The second kappa shape index (κ2) is 9.93. The van der Waals surface area contributed by atoms with Crippen LogP contribution in [0.3, 0.4) is 0 Å². The number of hydrogen-bond acceptors (Lipinski definition) is 5. The molecule has 1 aromatic heterocycles. The zero-order valence-corrected chi connectivity index (χ0v) is 16.5. The van der Waals surface area contributed by atoms with Crippen LogP contribution >= 0.6 is 0 Å². The van der Waals surface area contributed by atoms with Crippen molar-refractivity contribution in [2.45, 2.75) is 32.7 Å². The van der Waals surface area contributed by atoms with Crippen LogP contribution < -0.4 is 5.73 Å². The maximum Gasteiger partial charge on any atom is 0.227 e. The Morgan fingerprint density at radius 2 is 2.00 bits per heavy atom. The van der Waals surface area contributed by atoms with E-state index in [1.165, 1.54) is 6.07 Å². The molecule has 0 atom stereocenters. The van der Waals surface area contributed by atoms with Crippen LogP contribution in [-0.4, -0.2) is 34.0 Å². The third kappa shape index (κ3) is 5.71. The van der Waals surface area contributed by atoms with E-state index in [4.69, 9.17) is 10.3 Å². The van der Waals surface area contributed by atoms with Gasteiger partial charge in [0.1, 0.15) is 5.82 Å². The van der Waals surface area contributed by atoms with E-state index in [2.05, 4.69) is 10.1 Å². The molecule has 1 amide bonds. The summed E-state index contributed by atoms with van der Waals surface area (Å²) in [5, 5.41) is 3.95. The minimum Gasteiger partial charge on any atom is -0.339 e. The molecule has 0 spiro atoms. The first-order valence-corrected chi connectivity index (χ1v) is 9.67. The number of hydrogen-bond donors (Lipinski definition) is 1. The zero-order chi connectivity index (χ0) is 20.6. The van der Waals surface area contributed by atoms with Gasteiger partial charge in [0.25, 0.3) is 0 Å². The van der Waals surface area contributed by atoms with Crippen molar-refractivity contribution in [2.75, 3.05) is 13.1 Å². The van der Waals surface area contributed by atoms with Crippen LogP contribution in [0.15, 0.2) is 53.1 Å². The Kier molecular flexibility index (Phi) is 7.08. The average molecular weight is 396 g/mol. The Balaban J connectivity index is 1.62. The molecule has 0 fully saturated rings. The predicted molar refractivity (Wildman–Crippen MR) is 108 cm³/mol. The molecule has 1 heterocycles. The number of rotatable bonds is 9. The van der Waals surface area contributed by atoms with Crippen molar-refractivity contribution in [1.82, 2.24) is 15.0 Å². The van der Waals surface area contributed by atoms with Gasteiger partial charge in [-0.1, -0.05) is 35.5 Å². The SMILES string of the molecule is Cc1cc(-c2noc(CCC(=O)N(CCCN)Cc3ccccc3)n2)ccc1F. The van der Waals surface area contributed by atoms with Crippen molar-refractivity contribution >= 4 is 5.91 Å². The predicted octanol–water partition coefficient (Wildman–Crippen LogP) is 3.49. The van der Waals surface area contributed by atoms with Gasteiger partial charge in [-0.05, 0) is 49.2 Å². The number of nitrogens with two attached hydrogens (primary N) is 1. The minimum atomic E-state index is -0.279. The molecule has 2 aromatic carbocycles. The van der Waals surface area contributed by atoms with E-state index in [0.29, 0.717) is 48.9 Å². The quantitative estimate of drug-likeness (QED) is 0.598. The van der Waals surface area contributed by atoms with Crippen molar-refractivity contribution in [3.05, 3.63) is 71.4 Å². The van der Waals surface area contributed by atoms with E-state index in [1.54, 1.807) is 19.1 Å². The summed E-state index contributed by atoms with van der Waals surface area (Å²) in [5.41, 5.74) is 7.89. The van der Waals surface area contributed by atoms with Crippen molar-refractivity contribution in [2.24, 2.45) is 5.73 Å². The Morgan fingerprint density at radius 3 is 2.72 bits per heavy atom. The van der Waals surface area contributed by atoms with Gasteiger partial charge in [-0.25, -0.2) is 4.39 Å². The molecule has 0 radical (unpaired) electrons. The highest BCUT2D eigenvalue weighted by atomic mass is 19.1. The number of aryl methyl sites for hydroxylation is 2. The van der Waals surface area contributed by atoms with Crippen molar-refractivity contribution in [3.8, 4) is 11.4 Å². The summed E-state index contributed by atoms with van der Waals surface area (Å²) in [4.78, 5) is 18.9. The first-order valence-electron chi connectivity index (χ1n) is 9.67. The van der Waals surface area contributed by atoms with Crippen LogP contribution in [0.5, 0.6) is 0 Å². The van der Waals surface area contributed by atoms with Crippen molar-refractivity contribution < 1.29 is 13.7 Å². The van der Waals surface area contributed by atoms with E-state index < -0.39 is 0 Å². The fourth-order valence-corrected chi connectivity index (χ4v) is 3.01. The molecule has 152 valence electrons. The van der Waals surface area contributed by atoms with Gasteiger partial charge in [-0.2, -0.15) is 4.98 Å². The number of nitrogens with zero attached hydrogens (tertiary/aromatic N) is 3. The Bertz CT molecular complexity index is 943. The Morgan fingerprint density at radius 1 is 1.21 bits per heavy atom. The van der Waals surface area contributed by atoms with E-state index in [1.807, 2.05) is 35.2 Å². The van der Waals surface area contributed by atoms with Crippen LogP contribution in [-0.2, 0) is 17.8 Å². The highest BCUT2D eigenvalue weighted by molar-refractivity contribution is 5.76. The topological polar surface area (TPSA) is 85.2 Å². The van der Waals surface area contributed by atoms with Crippen molar-refractivity contribution in [3.63, 3.8) is 0 Å². The molecule has 0 saturated carbocycles. The van der Waals surface area contributed by atoms with Gasteiger partial charge in [-0.3, -0.25) is 4.79 Å². The summed E-state index contributed by atoms with van der Waals surface area (Å²) in [6.07, 6.45) is 1.36. The number of aromatic nitrogens is 2. The maximum absolute atomic E-state index is 13.4. The molecule has 6 nitrogen and oxygen atoms in total. The van der Waals surface area contributed by atoms with Gasteiger partial charge < -0.3 is 15.2 Å². The van der Waals surface area contributed by atoms with E-state index >= 15 is 0 Å². The highest BCUT2D eigenvalue weighted by Crippen LogP contribution is 2.19. The number of benzene rings is 2. The van der Waals surface area contributed by atoms with E-state index in [9.17, 15) is 9.18 Å². The molecule has 29 heavy (non-hydrogen) atoms. The third-order valence-electron chi connectivity index (χ3n) is 4.64. The van der Waals surface area contributed by atoms with E-state index in [-0.39, 0.29) is 18.1 Å². The summed E-state index contributed by atoms with van der Waals surface area (Å²) in [6, 6.07) is 14.5. The van der Waals surface area contributed by atoms with Crippen LogP contribution in [0.25, 0.3) is 11.4 Å². The molecule has 3 rings (SSSR count). The lowest BCUT2D eigenvalue weighted by Gasteiger charge is -2.22. The molecule has 0 bridgehead atoms. The molecular formula is C22H25FN4O2. The normalized spacial score (nSPS) is 10.9. The lowest BCUT2D eigenvalue weighted by atomic mass is 10.1. The highest BCUT2D eigenvalue weighted by Gasteiger charge is 2.16. The molecule has 2 N–H and O–H groups in total. The van der Waals surface area contributed by atoms with Crippen LogP contribution in [0, 0.1) is 12.7 Å². The third-order valence-corrected chi connectivity index (χ3v) is 4.64. The summed E-state index contributed by atoms with van der Waals surface area (Å²) in [7, 11) is 0. The fourth-order valence-electron chi connectivity index (χ4n) is 3.01. The zero-order valence-electron chi connectivity index (χ0n) is 16.5. The summed E-state index contributed by atoms with van der Waals surface area (Å²) < 4.78 is 18.7. The van der Waals surface area contributed by atoms with Crippen LogP contribution in [0.1, 0.15) is 29.9 Å². The minimum absolute atomic E-state index is 0.0136. The van der Waals surface area contributed by atoms with Gasteiger partial charge in [0.05, 0.1) is 0 Å². The molecule has 0 aliphatic carbocycles. The summed E-state index contributed by atoms with van der Waals surface area (Å²) in [6.45, 7) is 3.36. The molecule has 0 aliphatic rings. The fraction of sp³-hybridized carbons (Fsp3) is 0.318. The Labute approximate surface area is 169 Å². The number of carbonyl (C=O) groups excluding carboxylic acids is 1. The Hall–Kier alpha value is -3.06. The van der Waals surface area contributed by atoms with Gasteiger partial charge in [0.15, 0.2) is 0 Å². The van der Waals surface area contributed by atoms with Gasteiger partial charge in [0, 0.05) is 31.5 Å². The smallest absolute Gasteiger partial charge is 0.227 e. The summed E-state index contributed by atoms with van der Waals surface area (Å²) in [5.74, 6) is 0.507. The van der Waals surface area contributed by atoms with E-state index in [0.717, 1.165) is 12.0 Å². The lowest BCUT2D eigenvalue weighted by molar-refractivity contribution is -0.131. The van der Waals surface area contributed by atoms with Crippen molar-refractivity contribution in [1.29, 1.82) is 0 Å². The standard InChI is InChI=1S/C22H25FN4O2/c1-16-14-18(8-9-19(16)23)22-25-20(29-26-22)10-11-21(28)27(13-5-12-24)15-17-6-3-2-4-7-17/h2-4,6-9,14H,5,10-13,15,24H2,1H3. The van der Waals surface area contributed by atoms with Crippen LogP contribution in [0.4, 0.5) is 4.39 Å². The molecule has 0 unspecified atom stereocenters. The first-order chi connectivity index (χ1) is 14.1. The maximum atomic E-state index is 13.4. The average Bonchev–Trinajstić information content (AvgIpc) is 3.21. The number of carbonyl (C=O) groups is 1. The van der Waals surface area contributed by atoms with Gasteiger partial charge >= 0.3 is 0 Å². The largest absolute Gasteiger partial charge is 0.339 e. The van der Waals surface area contributed by atoms with Crippen LogP contribution in [0.2, 0.25) is 0 Å². The lowest BCUT2D eigenvalue weighted by Crippen LogP contribution is -2.32. The molecular weight excluding hydrogens is 371 g/mol. The van der Waals surface area contributed by atoms with Gasteiger partial charge in [-0.15, -0.1) is 0 Å². The number of halogens is 1. The molecule has 0 saturated heterocycles. The first kappa shape index (κ1) is 20.7. The summed E-state index contributed by atoms with van der Waals surface area (Å²) >= 11 is 0. The second-order valence-electron chi connectivity index (χ2n) is 6.92. The molecule has 0 aliphatic heterocycles. The monoisotopic (exact) mass is 396 g/mol. The molecule has 7 heteroatoms. The molecule has 3 aromatic rings. The van der Waals surface area contributed by atoms with Gasteiger partial charge in [0.2, 0.25) is 17.6 Å².